The Labute approximate surface area is 184 Å². The summed E-state index contributed by atoms with van der Waals surface area (Å²) >= 11 is 0. The van der Waals surface area contributed by atoms with Gasteiger partial charge in [-0.2, -0.15) is 0 Å². The molecule has 0 atom stereocenters. The van der Waals surface area contributed by atoms with Crippen LogP contribution in [0.2, 0.25) is 0 Å². The van der Waals surface area contributed by atoms with Gasteiger partial charge in [0.25, 0.3) is 0 Å². The van der Waals surface area contributed by atoms with E-state index in [4.69, 9.17) is 9.47 Å². The zero-order chi connectivity index (χ0) is 22.7. The predicted octanol–water partition coefficient (Wildman–Crippen LogP) is 5.85. The number of carbonyl (C=O) groups is 2. The molecule has 1 heterocycles. The third-order valence-electron chi connectivity index (χ3n) is 5.13. The van der Waals surface area contributed by atoms with Crippen molar-refractivity contribution in [1.82, 2.24) is 0 Å². The Hall–Kier alpha value is -3.08. The minimum atomic E-state index is -0.343. The van der Waals surface area contributed by atoms with Gasteiger partial charge in [0.05, 0.1) is 5.69 Å². The summed E-state index contributed by atoms with van der Waals surface area (Å²) in [6.07, 6.45) is 2.42. The maximum absolute atomic E-state index is 12.4. The van der Waals surface area contributed by atoms with E-state index < -0.39 is 0 Å². The molecule has 2 aromatic carbocycles. The summed E-state index contributed by atoms with van der Waals surface area (Å²) in [6.45, 7) is 12.4. The summed E-state index contributed by atoms with van der Waals surface area (Å²) in [7, 11) is 2.02. The van der Waals surface area contributed by atoms with Crippen LogP contribution in [-0.4, -0.2) is 19.0 Å². The highest BCUT2D eigenvalue weighted by Crippen LogP contribution is 2.45. The van der Waals surface area contributed by atoms with Crippen molar-refractivity contribution < 1.29 is 19.1 Å². The molecule has 1 aliphatic rings. The van der Waals surface area contributed by atoms with E-state index in [0.29, 0.717) is 18.7 Å². The van der Waals surface area contributed by atoms with Gasteiger partial charge in [0.15, 0.2) is 11.5 Å². The standard InChI is InChI=1S/C26H31NO4/c1-7-18-9-8-10-20-21-14-23(31-25(29)12-17(4)5)22(30-24(28)11-16(2)3)13-19(21)15-27(6)26(18)20/h7-10,13-14,16-17H,1,11-12,15H2,2-6H3. The van der Waals surface area contributed by atoms with Gasteiger partial charge in [-0.1, -0.05) is 58.5 Å². The fraction of sp³-hybridized carbons (Fsp3) is 0.385. The molecule has 0 amide bonds. The summed E-state index contributed by atoms with van der Waals surface area (Å²) in [5.74, 6) is 0.229. The molecule has 0 saturated heterocycles. The van der Waals surface area contributed by atoms with Crippen LogP contribution >= 0.6 is 0 Å². The highest BCUT2D eigenvalue weighted by molar-refractivity contribution is 5.90. The van der Waals surface area contributed by atoms with Gasteiger partial charge in [-0.3, -0.25) is 9.59 Å². The number of hydrogen-bond donors (Lipinski definition) is 0. The molecular weight excluding hydrogens is 390 g/mol. The summed E-state index contributed by atoms with van der Waals surface area (Å²) < 4.78 is 11.3. The second kappa shape index (κ2) is 9.38. The molecule has 1 aliphatic heterocycles. The molecule has 0 saturated carbocycles. The number of benzene rings is 2. The number of ether oxygens (including phenoxy) is 2. The number of rotatable bonds is 7. The van der Waals surface area contributed by atoms with Gasteiger partial charge < -0.3 is 14.4 Å². The van der Waals surface area contributed by atoms with Crippen molar-refractivity contribution in [2.75, 3.05) is 11.9 Å². The molecular formula is C26H31NO4. The topological polar surface area (TPSA) is 55.8 Å². The molecule has 5 nitrogen and oxygen atoms in total. The van der Waals surface area contributed by atoms with Crippen molar-refractivity contribution in [3.8, 4) is 22.6 Å². The Bertz CT molecular complexity index is 1010. The summed E-state index contributed by atoms with van der Waals surface area (Å²) in [4.78, 5) is 26.9. The van der Waals surface area contributed by atoms with Crippen molar-refractivity contribution >= 4 is 23.7 Å². The molecule has 31 heavy (non-hydrogen) atoms. The van der Waals surface area contributed by atoms with E-state index in [-0.39, 0.29) is 35.9 Å². The summed E-state index contributed by atoms with van der Waals surface area (Å²) in [6, 6.07) is 9.70. The first-order valence-electron chi connectivity index (χ1n) is 10.7. The fourth-order valence-corrected chi connectivity index (χ4v) is 3.84. The number of fused-ring (bicyclic) bond motifs is 3. The van der Waals surface area contributed by atoms with Gasteiger partial charge in [-0.25, -0.2) is 0 Å². The van der Waals surface area contributed by atoms with Crippen LogP contribution in [0.3, 0.4) is 0 Å². The SMILES string of the molecule is C=Cc1cccc2c1N(C)Cc1cc(OC(=O)CC(C)C)c(OC(=O)CC(C)C)cc1-2. The van der Waals surface area contributed by atoms with Crippen molar-refractivity contribution in [2.45, 2.75) is 47.1 Å². The van der Waals surface area contributed by atoms with Gasteiger partial charge in [0.2, 0.25) is 0 Å². The van der Waals surface area contributed by atoms with E-state index >= 15 is 0 Å². The van der Waals surface area contributed by atoms with Crippen molar-refractivity contribution in [3.05, 3.63) is 48.0 Å². The molecule has 0 radical (unpaired) electrons. The Morgan fingerprint density at radius 2 is 1.58 bits per heavy atom. The van der Waals surface area contributed by atoms with E-state index in [1.54, 1.807) is 0 Å². The Morgan fingerprint density at radius 1 is 1.00 bits per heavy atom. The lowest BCUT2D eigenvalue weighted by Crippen LogP contribution is -2.23. The average molecular weight is 422 g/mol. The number of carbonyl (C=O) groups excluding carboxylic acids is 2. The van der Waals surface area contributed by atoms with E-state index in [2.05, 4.69) is 11.5 Å². The summed E-state index contributed by atoms with van der Waals surface area (Å²) in [5.41, 5.74) is 5.12. The highest BCUT2D eigenvalue weighted by atomic mass is 16.6. The fourth-order valence-electron chi connectivity index (χ4n) is 3.84. The molecule has 0 bridgehead atoms. The van der Waals surface area contributed by atoms with Crippen LogP contribution in [0.15, 0.2) is 36.9 Å². The van der Waals surface area contributed by atoms with E-state index in [0.717, 1.165) is 27.9 Å². The van der Waals surface area contributed by atoms with Crippen molar-refractivity contribution in [3.63, 3.8) is 0 Å². The smallest absolute Gasteiger partial charge is 0.311 e. The molecule has 5 heteroatoms. The molecule has 0 spiro atoms. The Morgan fingerprint density at radius 3 is 2.13 bits per heavy atom. The van der Waals surface area contributed by atoms with E-state index in [1.807, 2.05) is 71.2 Å². The monoisotopic (exact) mass is 421 g/mol. The second-order valence-corrected chi connectivity index (χ2v) is 8.90. The van der Waals surface area contributed by atoms with Crippen molar-refractivity contribution in [1.29, 1.82) is 0 Å². The first-order valence-corrected chi connectivity index (χ1v) is 10.7. The maximum atomic E-state index is 12.4. The number of para-hydroxylation sites is 1. The lowest BCUT2D eigenvalue weighted by Gasteiger charge is -2.32. The normalized spacial score (nSPS) is 12.4. The zero-order valence-corrected chi connectivity index (χ0v) is 19.0. The van der Waals surface area contributed by atoms with Crippen LogP contribution in [-0.2, 0) is 16.1 Å². The minimum absolute atomic E-state index is 0.168. The molecule has 0 aliphatic carbocycles. The van der Waals surface area contributed by atoms with Crippen LogP contribution in [0, 0.1) is 11.8 Å². The average Bonchev–Trinajstić information content (AvgIpc) is 2.67. The third-order valence-corrected chi connectivity index (χ3v) is 5.13. The Kier molecular flexibility index (Phi) is 6.84. The Balaban J connectivity index is 2.08. The summed E-state index contributed by atoms with van der Waals surface area (Å²) in [5, 5.41) is 0. The first kappa shape index (κ1) is 22.6. The van der Waals surface area contributed by atoms with E-state index in [9.17, 15) is 9.59 Å². The van der Waals surface area contributed by atoms with Crippen molar-refractivity contribution in [2.24, 2.45) is 11.8 Å². The number of esters is 2. The largest absolute Gasteiger partial charge is 0.422 e. The molecule has 3 rings (SSSR count). The number of anilines is 1. The van der Waals surface area contributed by atoms with Gasteiger partial charge in [-0.15, -0.1) is 0 Å². The van der Waals surface area contributed by atoms with Gasteiger partial charge in [-0.05, 0) is 40.7 Å². The number of nitrogens with zero attached hydrogens (tertiary/aromatic N) is 1. The molecule has 0 unspecified atom stereocenters. The zero-order valence-electron chi connectivity index (χ0n) is 19.0. The van der Waals surface area contributed by atoms with Crippen LogP contribution in [0.1, 0.15) is 51.7 Å². The first-order chi connectivity index (χ1) is 14.7. The second-order valence-electron chi connectivity index (χ2n) is 8.90. The molecule has 0 aromatic heterocycles. The molecule has 164 valence electrons. The van der Waals surface area contributed by atoms with Gasteiger partial charge >= 0.3 is 11.9 Å². The minimum Gasteiger partial charge on any atom is -0.422 e. The molecule has 0 N–H and O–H groups in total. The quantitative estimate of drug-likeness (QED) is 0.415. The van der Waals surface area contributed by atoms with Crippen LogP contribution in [0.4, 0.5) is 5.69 Å². The molecule has 2 aromatic rings. The predicted molar refractivity (Wildman–Crippen MR) is 124 cm³/mol. The maximum Gasteiger partial charge on any atom is 0.311 e. The van der Waals surface area contributed by atoms with Crippen LogP contribution in [0.5, 0.6) is 11.5 Å². The third kappa shape index (κ3) is 5.16. The lowest BCUT2D eigenvalue weighted by molar-refractivity contribution is -0.138. The number of hydrogen-bond acceptors (Lipinski definition) is 5. The van der Waals surface area contributed by atoms with E-state index in [1.165, 1.54) is 0 Å². The van der Waals surface area contributed by atoms with Crippen LogP contribution in [0.25, 0.3) is 17.2 Å². The highest BCUT2D eigenvalue weighted by Gasteiger charge is 2.26. The van der Waals surface area contributed by atoms with Crippen LogP contribution < -0.4 is 14.4 Å². The van der Waals surface area contributed by atoms with Gasteiger partial charge in [0.1, 0.15) is 0 Å². The molecule has 0 fully saturated rings. The lowest BCUT2D eigenvalue weighted by atomic mass is 9.91. The van der Waals surface area contributed by atoms with Gasteiger partial charge in [0, 0.05) is 32.0 Å².